The molecule has 0 spiro atoms. The van der Waals surface area contributed by atoms with E-state index in [0.717, 1.165) is 0 Å². The van der Waals surface area contributed by atoms with Crippen molar-refractivity contribution in [3.05, 3.63) is 83.4 Å². The van der Waals surface area contributed by atoms with Crippen molar-refractivity contribution in [2.24, 2.45) is 0 Å². The van der Waals surface area contributed by atoms with Crippen molar-refractivity contribution in [3.63, 3.8) is 0 Å². The van der Waals surface area contributed by atoms with Gasteiger partial charge in [-0.2, -0.15) is 0 Å². The van der Waals surface area contributed by atoms with Crippen LogP contribution in [-0.4, -0.2) is 17.0 Å². The van der Waals surface area contributed by atoms with Crippen LogP contribution in [0, 0.1) is 0 Å². The van der Waals surface area contributed by atoms with Gasteiger partial charge in [-0.1, -0.05) is 62.0 Å². The Hall–Kier alpha value is -1.18. The second-order valence-electron chi connectivity index (χ2n) is 5.01. The van der Waals surface area contributed by atoms with E-state index in [4.69, 9.17) is 0 Å². The van der Waals surface area contributed by atoms with Crippen LogP contribution in [0.2, 0.25) is 0 Å². The third-order valence-corrected chi connectivity index (χ3v) is 3.33. The molecule has 0 atom stereocenters. The summed E-state index contributed by atoms with van der Waals surface area (Å²) in [6, 6.07) is 13.0. The first-order valence-electron chi connectivity index (χ1n) is 7.55. The van der Waals surface area contributed by atoms with Gasteiger partial charge in [0, 0.05) is 17.5 Å². The summed E-state index contributed by atoms with van der Waals surface area (Å²) in [7, 11) is 0. The zero-order valence-electron chi connectivity index (χ0n) is 15.4. The quantitative estimate of drug-likeness (QED) is 0.326. The number of allylic oxidation sites excluding steroid dienone is 1. The zero-order valence-corrected chi connectivity index (χ0v) is 19.0. The van der Waals surface area contributed by atoms with Crippen molar-refractivity contribution < 1.29 is 70.4 Å². The number of hydrogen-bond donors (Lipinski definition) is 0. The molecular weight excluding hydrogens is 429 g/mol. The van der Waals surface area contributed by atoms with E-state index in [0.29, 0.717) is 28.7 Å². The Kier molecular flexibility index (Phi) is 19.2. The standard InChI is InChI=1S/C10H11FO.C10H9FO.BrH.Na.H2O/c2*1-2-10(12)9-5-3-8(7-11)4-6-9;;;/h3-6H,2,7H2,1H3;2-6H,1,7H2;1H;;1H2/q;;;+1;/p-2. The van der Waals surface area contributed by atoms with Gasteiger partial charge in [-0.25, -0.2) is 8.78 Å². The van der Waals surface area contributed by atoms with E-state index in [9.17, 15) is 18.4 Å². The average Bonchev–Trinajstić information content (AvgIpc) is 2.67. The van der Waals surface area contributed by atoms with Crippen molar-refractivity contribution in [3.8, 4) is 0 Å². The van der Waals surface area contributed by atoms with Crippen LogP contribution in [0.3, 0.4) is 0 Å². The summed E-state index contributed by atoms with van der Waals surface area (Å²) in [4.78, 5) is 22.1. The number of carbonyl (C=O) groups is 2. The maximum absolute atomic E-state index is 12.1. The molecule has 7 heteroatoms. The van der Waals surface area contributed by atoms with Crippen molar-refractivity contribution in [1.29, 1.82) is 0 Å². The van der Waals surface area contributed by atoms with Gasteiger partial charge in [-0.15, -0.1) is 0 Å². The van der Waals surface area contributed by atoms with E-state index in [1.165, 1.54) is 6.08 Å². The van der Waals surface area contributed by atoms with E-state index in [2.05, 4.69) is 6.58 Å². The molecule has 2 aromatic carbocycles. The topological polar surface area (TPSA) is 64.1 Å². The molecule has 0 heterocycles. The Morgan fingerprint density at radius 2 is 1.26 bits per heavy atom. The predicted molar refractivity (Wildman–Crippen MR) is 93.6 cm³/mol. The van der Waals surface area contributed by atoms with Gasteiger partial charge in [-0.3, -0.25) is 9.59 Å². The molecule has 0 bridgehead atoms. The monoisotopic (exact) mass is 449 g/mol. The number of ketones is 2. The van der Waals surface area contributed by atoms with Crippen LogP contribution in [0.1, 0.15) is 45.2 Å². The zero-order chi connectivity index (χ0) is 17.9. The number of benzene rings is 2. The van der Waals surface area contributed by atoms with Gasteiger partial charge in [0.15, 0.2) is 11.6 Å². The molecule has 0 saturated heterocycles. The molecule has 0 saturated carbocycles. The fraction of sp³-hybridized carbons (Fsp3) is 0.200. The third kappa shape index (κ3) is 10.7. The molecule has 0 aromatic heterocycles. The Bertz CT molecular complexity index is 689. The van der Waals surface area contributed by atoms with E-state index in [-0.39, 0.29) is 63.6 Å². The van der Waals surface area contributed by atoms with E-state index in [1.54, 1.807) is 48.5 Å². The van der Waals surface area contributed by atoms with Gasteiger partial charge in [0.25, 0.3) is 0 Å². The van der Waals surface area contributed by atoms with Crippen molar-refractivity contribution in [2.75, 3.05) is 0 Å². The molecule has 0 unspecified atom stereocenters. The molecule has 142 valence electrons. The van der Waals surface area contributed by atoms with Crippen LogP contribution >= 0.6 is 0 Å². The van der Waals surface area contributed by atoms with Gasteiger partial charge in [0.05, 0.1) is 0 Å². The van der Waals surface area contributed by atoms with Crippen LogP contribution in [0.5, 0.6) is 0 Å². The van der Waals surface area contributed by atoms with Crippen molar-refractivity contribution in [1.82, 2.24) is 0 Å². The minimum absolute atomic E-state index is 0. The summed E-state index contributed by atoms with van der Waals surface area (Å²) in [5.74, 6) is -0.0409. The molecule has 2 aromatic rings. The van der Waals surface area contributed by atoms with Crippen LogP contribution in [0.25, 0.3) is 0 Å². The first-order valence-corrected chi connectivity index (χ1v) is 7.55. The molecule has 3 nitrogen and oxygen atoms in total. The summed E-state index contributed by atoms with van der Waals surface area (Å²) in [6.07, 6.45) is 1.74. The third-order valence-electron chi connectivity index (χ3n) is 3.33. The van der Waals surface area contributed by atoms with Crippen LogP contribution in [0.15, 0.2) is 61.2 Å². The summed E-state index contributed by atoms with van der Waals surface area (Å²) in [6.45, 7) is 4.20. The number of hydrogen-bond acceptors (Lipinski definition) is 3. The van der Waals surface area contributed by atoms with Gasteiger partial charge in [0.1, 0.15) is 13.3 Å². The normalized spacial score (nSPS) is 8.56. The molecule has 0 aliphatic carbocycles. The van der Waals surface area contributed by atoms with Crippen LogP contribution in [-0.2, 0) is 13.3 Å². The van der Waals surface area contributed by atoms with E-state index < -0.39 is 13.3 Å². The number of halogens is 3. The van der Waals surface area contributed by atoms with Gasteiger partial charge >= 0.3 is 29.6 Å². The van der Waals surface area contributed by atoms with Crippen LogP contribution < -0.4 is 46.5 Å². The fourth-order valence-electron chi connectivity index (χ4n) is 1.86. The van der Waals surface area contributed by atoms with Crippen LogP contribution in [0.4, 0.5) is 8.78 Å². The first-order chi connectivity index (χ1) is 11.5. The maximum Gasteiger partial charge on any atom is 1.00 e. The summed E-state index contributed by atoms with van der Waals surface area (Å²) < 4.78 is 24.1. The van der Waals surface area contributed by atoms with E-state index >= 15 is 0 Å². The first kappa shape index (κ1) is 30.5. The molecule has 0 amide bonds. The Morgan fingerprint density at radius 3 is 1.56 bits per heavy atom. The molecule has 2 rings (SSSR count). The van der Waals surface area contributed by atoms with Gasteiger partial charge in [0.2, 0.25) is 0 Å². The number of alkyl halides is 2. The summed E-state index contributed by atoms with van der Waals surface area (Å²) >= 11 is 0. The Labute approximate surface area is 191 Å². The molecule has 0 aliphatic heterocycles. The molecule has 0 aliphatic rings. The summed E-state index contributed by atoms with van der Waals surface area (Å²) in [5, 5.41) is 0. The molecule has 27 heavy (non-hydrogen) atoms. The Morgan fingerprint density at radius 1 is 0.889 bits per heavy atom. The molecule has 0 radical (unpaired) electrons. The van der Waals surface area contributed by atoms with E-state index in [1.807, 2.05) is 6.92 Å². The van der Waals surface area contributed by atoms with Gasteiger partial charge < -0.3 is 22.5 Å². The maximum atomic E-state index is 12.1. The van der Waals surface area contributed by atoms with Crippen molar-refractivity contribution >= 4 is 11.6 Å². The number of Topliss-reactive ketones (excluding diaryl/α,β-unsaturated/α-hetero) is 1. The largest absolute Gasteiger partial charge is 1.00 e. The smallest absolute Gasteiger partial charge is 1.00 e. The number of rotatable bonds is 6. The molecular formula is C20H21BrF2NaO3-. The molecule has 1 N–H and O–H groups in total. The Balaban J connectivity index is -0.000000384. The van der Waals surface area contributed by atoms with Crippen molar-refractivity contribution in [2.45, 2.75) is 26.7 Å². The molecule has 0 fully saturated rings. The second kappa shape index (κ2) is 17.0. The number of carbonyl (C=O) groups excluding carboxylic acids is 2. The average molecular weight is 450 g/mol. The summed E-state index contributed by atoms with van der Waals surface area (Å²) in [5.41, 5.74) is 2.40. The second-order valence-corrected chi connectivity index (χ2v) is 5.01. The fourth-order valence-corrected chi connectivity index (χ4v) is 1.86. The minimum atomic E-state index is -0.497. The minimum Gasteiger partial charge on any atom is -1.00 e. The predicted octanol–water partition coefficient (Wildman–Crippen LogP) is -0.895. The SMILES string of the molecule is C=CC(=O)c1ccc(CF)cc1.CCC(=O)c1ccc(CF)cc1.[Br-].[Na+].[OH-]. The van der Waals surface area contributed by atoms with Gasteiger partial charge in [-0.05, 0) is 17.2 Å².